The van der Waals surface area contributed by atoms with E-state index in [1.54, 1.807) is 13.8 Å². The maximum absolute atomic E-state index is 10.6. The molecular formula is C5H11N3O. The van der Waals surface area contributed by atoms with Crippen LogP contribution in [0.3, 0.4) is 0 Å². The van der Waals surface area contributed by atoms with Crippen molar-refractivity contribution in [2.45, 2.75) is 26.3 Å². The predicted molar refractivity (Wildman–Crippen MR) is 33.0 cm³/mol. The molecule has 0 bridgehead atoms. The van der Waals surface area contributed by atoms with Crippen molar-refractivity contribution >= 4 is 5.78 Å². The molecule has 0 fully saturated rings. The standard InChI is InChI=1S/C5H11N3O/c1-4(9)5(2,3)7-8-6/h1-3H3,(H2,6,7). The highest BCUT2D eigenvalue weighted by atomic mass is 16.1. The van der Waals surface area contributed by atoms with E-state index in [9.17, 15) is 4.79 Å². The summed E-state index contributed by atoms with van der Waals surface area (Å²) in [6.45, 7) is 4.80. The normalized spacial score (nSPS) is 10.6. The zero-order valence-corrected chi connectivity index (χ0v) is 5.86. The highest BCUT2D eigenvalue weighted by Crippen LogP contribution is 2.01. The molecule has 4 heteroatoms. The number of carbonyl (C=O) groups excluding carboxylic acids is 1. The zero-order valence-electron chi connectivity index (χ0n) is 5.86. The molecule has 0 spiro atoms. The summed E-state index contributed by atoms with van der Waals surface area (Å²) in [5.41, 5.74) is 8.08. The Hall–Kier alpha value is -0.930. The number of Topliss-reactive ketones (excluding diaryl/α,β-unsaturated/α-hetero) is 1. The van der Waals surface area contributed by atoms with Crippen LogP contribution in [0.15, 0.2) is 5.22 Å². The van der Waals surface area contributed by atoms with Gasteiger partial charge in [-0.05, 0) is 20.8 Å². The molecule has 4 nitrogen and oxygen atoms in total. The van der Waals surface area contributed by atoms with Crippen LogP contribution in [0.25, 0.3) is 0 Å². The third-order valence-corrected chi connectivity index (χ3v) is 1.22. The molecule has 0 aliphatic rings. The Labute approximate surface area is 54.1 Å². The lowest BCUT2D eigenvalue weighted by Gasteiger charge is -2.18. The van der Waals surface area contributed by atoms with E-state index in [4.69, 9.17) is 5.53 Å². The second-order valence-corrected chi connectivity index (χ2v) is 2.40. The summed E-state index contributed by atoms with van der Waals surface area (Å²) in [7, 11) is 0. The van der Waals surface area contributed by atoms with E-state index < -0.39 is 5.54 Å². The molecule has 0 amide bonds. The smallest absolute Gasteiger partial charge is 0.156 e. The second kappa shape index (κ2) is 2.57. The van der Waals surface area contributed by atoms with E-state index in [0.717, 1.165) is 0 Å². The molecule has 0 aromatic heterocycles. The van der Waals surface area contributed by atoms with E-state index in [-0.39, 0.29) is 5.78 Å². The largest absolute Gasteiger partial charge is 0.297 e. The van der Waals surface area contributed by atoms with Gasteiger partial charge in [-0.25, -0.2) is 0 Å². The van der Waals surface area contributed by atoms with Gasteiger partial charge in [-0.2, -0.15) is 5.53 Å². The van der Waals surface area contributed by atoms with E-state index in [1.807, 2.05) is 0 Å². The molecule has 52 valence electrons. The minimum Gasteiger partial charge on any atom is -0.297 e. The van der Waals surface area contributed by atoms with Crippen molar-refractivity contribution in [1.82, 2.24) is 5.43 Å². The topological polar surface area (TPSA) is 65.3 Å². The van der Waals surface area contributed by atoms with E-state index in [1.165, 1.54) is 6.92 Å². The lowest BCUT2D eigenvalue weighted by molar-refractivity contribution is -0.122. The van der Waals surface area contributed by atoms with Crippen LogP contribution in [0.1, 0.15) is 20.8 Å². The van der Waals surface area contributed by atoms with Crippen molar-refractivity contribution in [2.24, 2.45) is 5.22 Å². The molecule has 0 aromatic carbocycles. The quantitative estimate of drug-likeness (QED) is 0.439. The van der Waals surface area contributed by atoms with E-state index in [2.05, 4.69) is 10.6 Å². The molecule has 0 heterocycles. The minimum absolute atomic E-state index is 0.0292. The summed E-state index contributed by atoms with van der Waals surface area (Å²) in [5, 5.41) is 2.91. The maximum atomic E-state index is 10.6. The van der Waals surface area contributed by atoms with Crippen LogP contribution in [0.2, 0.25) is 0 Å². The van der Waals surface area contributed by atoms with Gasteiger partial charge < -0.3 is 0 Å². The number of rotatable bonds is 3. The molecule has 0 rings (SSSR count). The molecule has 0 saturated heterocycles. The molecule has 9 heavy (non-hydrogen) atoms. The van der Waals surface area contributed by atoms with Gasteiger partial charge in [-0.1, -0.05) is 5.22 Å². The fraction of sp³-hybridized carbons (Fsp3) is 0.800. The van der Waals surface area contributed by atoms with Crippen molar-refractivity contribution in [1.29, 1.82) is 5.53 Å². The lowest BCUT2D eigenvalue weighted by atomic mass is 10.0. The third-order valence-electron chi connectivity index (χ3n) is 1.22. The first-order valence-corrected chi connectivity index (χ1v) is 2.65. The molecular weight excluding hydrogens is 118 g/mol. The Morgan fingerprint density at radius 2 is 2.11 bits per heavy atom. The molecule has 0 unspecified atom stereocenters. The van der Waals surface area contributed by atoms with Crippen molar-refractivity contribution < 1.29 is 4.79 Å². The summed E-state index contributed by atoms with van der Waals surface area (Å²) >= 11 is 0. The number of ketones is 1. The predicted octanol–water partition coefficient (Wildman–Crippen LogP) is 0.890. The van der Waals surface area contributed by atoms with Gasteiger partial charge in [0.05, 0.1) is 0 Å². The van der Waals surface area contributed by atoms with Crippen LogP contribution < -0.4 is 5.43 Å². The number of hydrogen-bond donors (Lipinski definition) is 2. The zero-order chi connectivity index (χ0) is 7.49. The molecule has 0 saturated carbocycles. The fourth-order valence-corrected chi connectivity index (χ4v) is 0.218. The maximum Gasteiger partial charge on any atom is 0.156 e. The Morgan fingerprint density at radius 1 is 1.67 bits per heavy atom. The van der Waals surface area contributed by atoms with E-state index in [0.29, 0.717) is 0 Å². The fourth-order valence-electron chi connectivity index (χ4n) is 0.218. The minimum atomic E-state index is -0.693. The monoisotopic (exact) mass is 129 g/mol. The van der Waals surface area contributed by atoms with Crippen LogP contribution in [-0.4, -0.2) is 11.3 Å². The van der Waals surface area contributed by atoms with Gasteiger partial charge in [0.25, 0.3) is 0 Å². The molecule has 0 aromatic rings. The Balaban J connectivity index is 4.00. The first kappa shape index (κ1) is 8.07. The van der Waals surface area contributed by atoms with Gasteiger partial charge in [0.2, 0.25) is 0 Å². The molecule has 0 aliphatic heterocycles. The summed E-state index contributed by atoms with van der Waals surface area (Å²) in [5.74, 6) is -0.0292. The number of carbonyl (C=O) groups is 1. The SMILES string of the molecule is CC(=O)C(C)(C)NN=N. The van der Waals surface area contributed by atoms with Crippen molar-refractivity contribution in [3.05, 3.63) is 0 Å². The Kier molecular flexibility index (Phi) is 2.30. The van der Waals surface area contributed by atoms with Crippen LogP contribution in [-0.2, 0) is 4.79 Å². The molecule has 0 aliphatic carbocycles. The van der Waals surface area contributed by atoms with Crippen LogP contribution in [0.5, 0.6) is 0 Å². The Morgan fingerprint density at radius 3 is 2.22 bits per heavy atom. The number of hydrogen-bond acceptors (Lipinski definition) is 3. The van der Waals surface area contributed by atoms with Crippen molar-refractivity contribution in [2.75, 3.05) is 0 Å². The number of nitrogens with one attached hydrogen (secondary N) is 2. The lowest BCUT2D eigenvalue weighted by Crippen LogP contribution is -2.42. The molecule has 0 atom stereocenters. The third kappa shape index (κ3) is 2.21. The average molecular weight is 129 g/mol. The second-order valence-electron chi connectivity index (χ2n) is 2.40. The van der Waals surface area contributed by atoms with E-state index >= 15 is 0 Å². The highest BCUT2D eigenvalue weighted by molar-refractivity contribution is 5.84. The number of nitrogens with zero attached hydrogens (tertiary/aromatic N) is 1. The van der Waals surface area contributed by atoms with Crippen LogP contribution >= 0.6 is 0 Å². The van der Waals surface area contributed by atoms with Crippen LogP contribution in [0.4, 0.5) is 0 Å². The summed E-state index contributed by atoms with van der Waals surface area (Å²) in [4.78, 5) is 10.6. The van der Waals surface area contributed by atoms with Gasteiger partial charge in [-0.15, -0.1) is 0 Å². The molecule has 2 N–H and O–H groups in total. The first-order chi connectivity index (χ1) is 4.00. The summed E-state index contributed by atoms with van der Waals surface area (Å²) in [6, 6.07) is 0. The van der Waals surface area contributed by atoms with Crippen molar-refractivity contribution in [3.63, 3.8) is 0 Å². The average Bonchev–Trinajstić information content (AvgIpc) is 1.65. The summed E-state index contributed by atoms with van der Waals surface area (Å²) < 4.78 is 0. The van der Waals surface area contributed by atoms with Crippen molar-refractivity contribution in [3.8, 4) is 0 Å². The van der Waals surface area contributed by atoms with Gasteiger partial charge >= 0.3 is 0 Å². The van der Waals surface area contributed by atoms with Gasteiger partial charge in [0, 0.05) is 0 Å². The summed E-state index contributed by atoms with van der Waals surface area (Å²) in [6.07, 6.45) is 0. The van der Waals surface area contributed by atoms with Gasteiger partial charge in [-0.3, -0.25) is 10.2 Å². The molecule has 0 radical (unpaired) electrons. The van der Waals surface area contributed by atoms with Gasteiger partial charge in [0.1, 0.15) is 5.54 Å². The van der Waals surface area contributed by atoms with Gasteiger partial charge in [0.15, 0.2) is 5.78 Å². The Bertz CT molecular complexity index is 130. The first-order valence-electron chi connectivity index (χ1n) is 2.65. The van der Waals surface area contributed by atoms with Crippen LogP contribution in [0, 0.1) is 5.53 Å². The highest BCUT2D eigenvalue weighted by Gasteiger charge is 2.21.